The van der Waals surface area contributed by atoms with E-state index in [-0.39, 0.29) is 11.9 Å². The molecule has 1 heterocycles. The molecule has 1 aliphatic heterocycles. The van der Waals surface area contributed by atoms with Crippen LogP contribution in [-0.2, 0) is 4.79 Å². The Kier molecular flexibility index (Phi) is 4.84. The molecule has 0 saturated carbocycles. The van der Waals surface area contributed by atoms with Crippen molar-refractivity contribution in [1.82, 2.24) is 10.2 Å². The third-order valence-electron chi connectivity index (χ3n) is 3.50. The lowest BCUT2D eigenvalue weighted by atomic mass is 10.2. The molecule has 0 radical (unpaired) electrons. The van der Waals surface area contributed by atoms with Crippen LogP contribution in [0.15, 0.2) is 24.3 Å². The molecule has 5 heteroatoms. The third-order valence-corrected chi connectivity index (χ3v) is 3.50. The van der Waals surface area contributed by atoms with E-state index in [0.717, 1.165) is 25.4 Å². The molecule has 2 atom stereocenters. The first-order chi connectivity index (χ1) is 9.61. The summed E-state index contributed by atoms with van der Waals surface area (Å²) in [6, 6.07) is 7.46. The smallest absolute Gasteiger partial charge is 0.263 e. The summed E-state index contributed by atoms with van der Waals surface area (Å²) in [5, 5.41) is 3.27. The highest BCUT2D eigenvalue weighted by Crippen LogP contribution is 2.19. The van der Waals surface area contributed by atoms with Crippen molar-refractivity contribution in [3.8, 4) is 11.5 Å². The van der Waals surface area contributed by atoms with Gasteiger partial charge < -0.3 is 19.7 Å². The van der Waals surface area contributed by atoms with Gasteiger partial charge in [-0.05, 0) is 38.1 Å². The van der Waals surface area contributed by atoms with Gasteiger partial charge in [0.2, 0.25) is 0 Å². The van der Waals surface area contributed by atoms with Crippen molar-refractivity contribution in [2.24, 2.45) is 0 Å². The van der Waals surface area contributed by atoms with Gasteiger partial charge in [0.05, 0.1) is 7.11 Å². The largest absolute Gasteiger partial charge is 0.497 e. The van der Waals surface area contributed by atoms with Crippen LogP contribution in [0, 0.1) is 0 Å². The minimum atomic E-state index is -0.482. The Labute approximate surface area is 119 Å². The van der Waals surface area contributed by atoms with Gasteiger partial charge >= 0.3 is 0 Å². The summed E-state index contributed by atoms with van der Waals surface area (Å²) < 4.78 is 10.8. The van der Waals surface area contributed by atoms with E-state index in [9.17, 15) is 4.79 Å². The van der Waals surface area contributed by atoms with Crippen molar-refractivity contribution in [3.05, 3.63) is 24.3 Å². The molecule has 0 aromatic heterocycles. The maximum absolute atomic E-state index is 12.4. The number of nitrogens with one attached hydrogen (secondary N) is 1. The number of amides is 1. The Morgan fingerprint density at radius 3 is 2.60 bits per heavy atom. The molecule has 1 aromatic rings. The molecule has 1 saturated heterocycles. The number of rotatable bonds is 4. The fraction of sp³-hybridized carbons (Fsp3) is 0.533. The van der Waals surface area contributed by atoms with Crippen LogP contribution in [-0.4, -0.2) is 49.7 Å². The molecule has 0 aliphatic carbocycles. The maximum atomic E-state index is 12.4. The number of ether oxygens (including phenoxy) is 2. The minimum Gasteiger partial charge on any atom is -0.497 e. The van der Waals surface area contributed by atoms with Gasteiger partial charge in [-0.1, -0.05) is 0 Å². The van der Waals surface area contributed by atoms with Crippen LogP contribution in [0.1, 0.15) is 13.8 Å². The van der Waals surface area contributed by atoms with Gasteiger partial charge in [0.15, 0.2) is 6.10 Å². The first kappa shape index (κ1) is 14.7. The van der Waals surface area contributed by atoms with Crippen LogP contribution >= 0.6 is 0 Å². The van der Waals surface area contributed by atoms with Gasteiger partial charge in [-0.3, -0.25) is 4.79 Å². The average Bonchev–Trinajstić information content (AvgIpc) is 2.48. The second-order valence-corrected chi connectivity index (χ2v) is 5.02. The van der Waals surface area contributed by atoms with Crippen molar-refractivity contribution in [3.63, 3.8) is 0 Å². The zero-order valence-corrected chi connectivity index (χ0v) is 12.3. The molecule has 2 rings (SSSR count). The lowest BCUT2D eigenvalue weighted by Crippen LogP contribution is -2.55. The van der Waals surface area contributed by atoms with Crippen LogP contribution in [0.2, 0.25) is 0 Å². The summed E-state index contributed by atoms with van der Waals surface area (Å²) in [7, 11) is 1.62. The zero-order chi connectivity index (χ0) is 14.5. The number of nitrogens with zero attached hydrogens (tertiary/aromatic N) is 1. The highest BCUT2D eigenvalue weighted by Gasteiger charge is 2.27. The van der Waals surface area contributed by atoms with Crippen molar-refractivity contribution >= 4 is 5.91 Å². The normalized spacial score (nSPS) is 20.4. The Bertz CT molecular complexity index is 447. The van der Waals surface area contributed by atoms with E-state index < -0.39 is 6.10 Å². The molecule has 1 N–H and O–H groups in total. The summed E-state index contributed by atoms with van der Waals surface area (Å²) in [5.41, 5.74) is 0. The first-order valence-corrected chi connectivity index (χ1v) is 6.93. The van der Waals surface area contributed by atoms with E-state index in [1.54, 1.807) is 14.0 Å². The monoisotopic (exact) mass is 278 g/mol. The molecule has 0 spiro atoms. The molecule has 0 bridgehead atoms. The molecule has 1 aliphatic rings. The van der Waals surface area contributed by atoms with Crippen molar-refractivity contribution in [2.45, 2.75) is 26.0 Å². The van der Waals surface area contributed by atoms with Crippen LogP contribution in [0.4, 0.5) is 0 Å². The van der Waals surface area contributed by atoms with Crippen LogP contribution in [0.3, 0.4) is 0 Å². The van der Waals surface area contributed by atoms with E-state index >= 15 is 0 Å². The molecule has 1 unspecified atom stereocenters. The summed E-state index contributed by atoms with van der Waals surface area (Å²) in [6.45, 7) is 6.24. The predicted molar refractivity (Wildman–Crippen MR) is 77.1 cm³/mol. The van der Waals surface area contributed by atoms with Crippen LogP contribution in [0.25, 0.3) is 0 Å². The van der Waals surface area contributed by atoms with E-state index in [0.29, 0.717) is 5.75 Å². The second kappa shape index (κ2) is 6.61. The topological polar surface area (TPSA) is 50.8 Å². The van der Waals surface area contributed by atoms with Gasteiger partial charge in [-0.2, -0.15) is 0 Å². The number of hydrogen-bond donors (Lipinski definition) is 1. The van der Waals surface area contributed by atoms with Crippen molar-refractivity contribution in [2.75, 3.05) is 26.7 Å². The molecule has 110 valence electrons. The van der Waals surface area contributed by atoms with E-state index in [1.807, 2.05) is 36.1 Å². The van der Waals surface area contributed by atoms with Crippen molar-refractivity contribution in [1.29, 1.82) is 0 Å². The van der Waals surface area contributed by atoms with Gasteiger partial charge in [-0.25, -0.2) is 0 Å². The second-order valence-electron chi connectivity index (χ2n) is 5.02. The highest BCUT2D eigenvalue weighted by molar-refractivity contribution is 5.81. The Balaban J connectivity index is 1.95. The minimum absolute atomic E-state index is 0.0369. The number of methoxy groups -OCH3 is 1. The number of carbonyl (C=O) groups excluding carboxylic acids is 1. The molecule has 5 nitrogen and oxygen atoms in total. The fourth-order valence-electron chi connectivity index (χ4n) is 2.31. The molecule has 1 fully saturated rings. The Morgan fingerprint density at radius 1 is 1.35 bits per heavy atom. The average molecular weight is 278 g/mol. The maximum Gasteiger partial charge on any atom is 0.263 e. The lowest BCUT2D eigenvalue weighted by Gasteiger charge is -2.35. The lowest BCUT2D eigenvalue weighted by molar-refractivity contribution is -0.140. The standard InChI is InChI=1S/C15H22N2O3/c1-11-10-16-8-9-17(11)15(18)12(2)20-14-6-4-13(19-3)5-7-14/h4-7,11-12,16H,8-10H2,1-3H3/t11-,12?/m0/s1. The first-order valence-electron chi connectivity index (χ1n) is 6.93. The summed E-state index contributed by atoms with van der Waals surface area (Å²) in [5.74, 6) is 1.48. The highest BCUT2D eigenvalue weighted by atomic mass is 16.5. The van der Waals surface area contributed by atoms with E-state index in [1.165, 1.54) is 0 Å². The number of hydrogen-bond acceptors (Lipinski definition) is 4. The Hall–Kier alpha value is -1.75. The molecular weight excluding hydrogens is 256 g/mol. The predicted octanol–water partition coefficient (Wildman–Crippen LogP) is 1.28. The molecule has 1 aromatic carbocycles. The number of benzene rings is 1. The summed E-state index contributed by atoms with van der Waals surface area (Å²) in [4.78, 5) is 14.3. The number of carbonyl (C=O) groups is 1. The van der Waals surface area contributed by atoms with Crippen LogP contribution in [0.5, 0.6) is 11.5 Å². The third kappa shape index (κ3) is 3.42. The quantitative estimate of drug-likeness (QED) is 0.901. The van der Waals surface area contributed by atoms with Gasteiger partial charge in [0.1, 0.15) is 11.5 Å². The van der Waals surface area contributed by atoms with E-state index in [4.69, 9.17) is 9.47 Å². The molecule has 1 amide bonds. The van der Waals surface area contributed by atoms with Gasteiger partial charge in [0.25, 0.3) is 5.91 Å². The fourth-order valence-corrected chi connectivity index (χ4v) is 2.31. The summed E-state index contributed by atoms with van der Waals surface area (Å²) >= 11 is 0. The van der Waals surface area contributed by atoms with Crippen molar-refractivity contribution < 1.29 is 14.3 Å². The summed E-state index contributed by atoms with van der Waals surface area (Å²) in [6.07, 6.45) is -0.482. The van der Waals surface area contributed by atoms with Crippen LogP contribution < -0.4 is 14.8 Å². The molecular formula is C15H22N2O3. The number of piperazine rings is 1. The van der Waals surface area contributed by atoms with Gasteiger partial charge in [-0.15, -0.1) is 0 Å². The Morgan fingerprint density at radius 2 is 2.00 bits per heavy atom. The van der Waals surface area contributed by atoms with E-state index in [2.05, 4.69) is 5.32 Å². The molecule has 20 heavy (non-hydrogen) atoms. The zero-order valence-electron chi connectivity index (χ0n) is 12.3. The SMILES string of the molecule is COc1ccc(OC(C)C(=O)N2CCNC[C@@H]2C)cc1. The van der Waals surface area contributed by atoms with Gasteiger partial charge in [0, 0.05) is 25.7 Å².